The molecule has 1 aromatic carbocycles. The Labute approximate surface area is 138 Å². The second kappa shape index (κ2) is 7.14. The van der Waals surface area contributed by atoms with Crippen LogP contribution in [0.1, 0.15) is 48.5 Å². The Bertz CT molecular complexity index is 607. The smallest absolute Gasteiger partial charge is 0.254 e. The Morgan fingerprint density at radius 3 is 2.83 bits per heavy atom. The van der Waals surface area contributed by atoms with E-state index in [9.17, 15) is 4.79 Å². The zero-order valence-corrected chi connectivity index (χ0v) is 13.9. The van der Waals surface area contributed by atoms with Gasteiger partial charge in [-0.3, -0.25) is 9.69 Å². The van der Waals surface area contributed by atoms with Gasteiger partial charge in [-0.1, -0.05) is 19.1 Å². The van der Waals surface area contributed by atoms with Crippen molar-refractivity contribution in [3.63, 3.8) is 0 Å². The van der Waals surface area contributed by atoms with Gasteiger partial charge in [-0.25, -0.2) is 0 Å². The van der Waals surface area contributed by atoms with Crippen molar-refractivity contribution in [3.05, 3.63) is 35.4 Å². The molecular weight excluding hydrogens is 286 g/mol. The highest BCUT2D eigenvalue weighted by Gasteiger charge is 2.39. The third kappa shape index (κ3) is 3.25. The number of hydrogen-bond donors (Lipinski definition) is 0. The molecule has 0 radical (unpaired) electrons. The molecule has 0 aromatic heterocycles. The van der Waals surface area contributed by atoms with Gasteiger partial charge in [0.1, 0.15) is 0 Å². The first-order chi connectivity index (χ1) is 11.2. The van der Waals surface area contributed by atoms with Gasteiger partial charge < -0.3 is 4.90 Å². The van der Waals surface area contributed by atoms with Crippen LogP contribution < -0.4 is 0 Å². The molecule has 2 fully saturated rings. The first kappa shape index (κ1) is 16.0. The molecule has 2 saturated heterocycles. The molecule has 4 heteroatoms. The van der Waals surface area contributed by atoms with E-state index in [1.54, 1.807) is 0 Å². The molecule has 2 atom stereocenters. The number of carbonyl (C=O) groups is 1. The van der Waals surface area contributed by atoms with Crippen molar-refractivity contribution in [2.24, 2.45) is 0 Å². The van der Waals surface area contributed by atoms with Gasteiger partial charge in [0.05, 0.1) is 12.5 Å². The van der Waals surface area contributed by atoms with Crippen LogP contribution in [0, 0.1) is 11.3 Å². The summed E-state index contributed by atoms with van der Waals surface area (Å²) in [6, 6.07) is 10.6. The summed E-state index contributed by atoms with van der Waals surface area (Å²) >= 11 is 0. The number of likely N-dealkylation sites (N-methyl/N-ethyl adjacent to an activating group) is 1. The van der Waals surface area contributed by atoms with Crippen molar-refractivity contribution >= 4 is 5.91 Å². The normalized spacial score (nSPS) is 24.8. The lowest BCUT2D eigenvalue weighted by atomic mass is 10.0. The predicted octanol–water partition coefficient (Wildman–Crippen LogP) is 2.84. The Morgan fingerprint density at radius 2 is 2.04 bits per heavy atom. The standard InChI is InChI=1S/C19H25N3O/c1-2-21-12-4-8-17(21)18-9-5-13-22(18)19(23)16-7-3-6-15(14-16)10-11-20/h3,6-7,14,17-18H,2,4-5,8-10,12-13H2,1H3/t17-,18+/m1/s1. The van der Waals surface area contributed by atoms with Crippen LogP contribution in [-0.4, -0.2) is 47.4 Å². The van der Waals surface area contributed by atoms with Crippen molar-refractivity contribution in [2.45, 2.75) is 51.1 Å². The SMILES string of the molecule is CCN1CCC[C@@H]1[C@@H]1CCCN1C(=O)c1cccc(CC#N)c1. The maximum atomic E-state index is 13.0. The third-order valence-corrected chi connectivity index (χ3v) is 5.28. The summed E-state index contributed by atoms with van der Waals surface area (Å²) in [6.45, 7) is 5.31. The molecule has 0 spiro atoms. The molecule has 1 aromatic rings. The molecule has 2 heterocycles. The van der Waals surface area contributed by atoms with Gasteiger partial charge in [-0.2, -0.15) is 5.26 Å². The molecule has 0 saturated carbocycles. The van der Waals surface area contributed by atoms with E-state index in [1.165, 1.54) is 12.8 Å². The Morgan fingerprint density at radius 1 is 1.26 bits per heavy atom. The second-order valence-corrected chi connectivity index (χ2v) is 6.58. The minimum Gasteiger partial charge on any atom is -0.334 e. The summed E-state index contributed by atoms with van der Waals surface area (Å²) in [6.07, 6.45) is 5.02. The maximum Gasteiger partial charge on any atom is 0.254 e. The molecule has 2 aliphatic rings. The van der Waals surface area contributed by atoms with Gasteiger partial charge in [0.2, 0.25) is 0 Å². The fraction of sp³-hybridized carbons (Fsp3) is 0.579. The fourth-order valence-electron chi connectivity index (χ4n) is 4.20. The number of amides is 1. The van der Waals surface area contributed by atoms with Crippen LogP contribution in [-0.2, 0) is 6.42 Å². The average molecular weight is 311 g/mol. The monoisotopic (exact) mass is 311 g/mol. The summed E-state index contributed by atoms with van der Waals surface area (Å²) < 4.78 is 0. The summed E-state index contributed by atoms with van der Waals surface area (Å²) in [4.78, 5) is 17.6. The largest absolute Gasteiger partial charge is 0.334 e. The van der Waals surface area contributed by atoms with E-state index < -0.39 is 0 Å². The second-order valence-electron chi connectivity index (χ2n) is 6.58. The maximum absolute atomic E-state index is 13.0. The van der Waals surface area contributed by atoms with Crippen LogP contribution in [0.2, 0.25) is 0 Å². The molecular formula is C19H25N3O. The first-order valence-electron chi connectivity index (χ1n) is 8.75. The van der Waals surface area contributed by atoms with Gasteiger partial charge in [0.25, 0.3) is 5.91 Å². The zero-order valence-electron chi connectivity index (χ0n) is 13.9. The van der Waals surface area contributed by atoms with E-state index in [0.717, 1.165) is 43.6 Å². The summed E-state index contributed by atoms with van der Waals surface area (Å²) in [7, 11) is 0. The van der Waals surface area contributed by atoms with Crippen molar-refractivity contribution in [2.75, 3.05) is 19.6 Å². The van der Waals surface area contributed by atoms with Gasteiger partial charge in [-0.05, 0) is 56.5 Å². The number of benzene rings is 1. The molecule has 2 aliphatic heterocycles. The number of likely N-dealkylation sites (tertiary alicyclic amines) is 2. The van der Waals surface area contributed by atoms with E-state index in [4.69, 9.17) is 5.26 Å². The van der Waals surface area contributed by atoms with E-state index in [0.29, 0.717) is 18.5 Å². The van der Waals surface area contributed by atoms with Crippen LogP contribution in [0.4, 0.5) is 0 Å². The van der Waals surface area contributed by atoms with Crippen LogP contribution in [0.25, 0.3) is 0 Å². The molecule has 0 bridgehead atoms. The summed E-state index contributed by atoms with van der Waals surface area (Å²) in [5.74, 6) is 0.134. The molecule has 23 heavy (non-hydrogen) atoms. The molecule has 1 amide bonds. The first-order valence-corrected chi connectivity index (χ1v) is 8.75. The van der Waals surface area contributed by atoms with Crippen molar-refractivity contribution in [3.8, 4) is 6.07 Å². The van der Waals surface area contributed by atoms with Crippen molar-refractivity contribution < 1.29 is 4.79 Å². The highest BCUT2D eigenvalue weighted by Crippen LogP contribution is 2.30. The highest BCUT2D eigenvalue weighted by molar-refractivity contribution is 5.94. The number of rotatable bonds is 4. The van der Waals surface area contributed by atoms with E-state index in [-0.39, 0.29) is 5.91 Å². The molecule has 0 N–H and O–H groups in total. The topological polar surface area (TPSA) is 47.3 Å². The molecule has 122 valence electrons. The van der Waals surface area contributed by atoms with Gasteiger partial charge >= 0.3 is 0 Å². The Kier molecular flexibility index (Phi) is 4.97. The van der Waals surface area contributed by atoms with E-state index in [1.807, 2.05) is 24.3 Å². The lowest BCUT2D eigenvalue weighted by molar-refractivity contribution is 0.0650. The van der Waals surface area contributed by atoms with Crippen LogP contribution in [0.15, 0.2) is 24.3 Å². The lowest BCUT2D eigenvalue weighted by Crippen LogP contribution is -2.48. The molecule has 4 nitrogen and oxygen atoms in total. The quantitative estimate of drug-likeness (QED) is 0.859. The van der Waals surface area contributed by atoms with Crippen molar-refractivity contribution in [1.82, 2.24) is 9.80 Å². The lowest BCUT2D eigenvalue weighted by Gasteiger charge is -2.34. The van der Waals surface area contributed by atoms with Gasteiger partial charge in [0, 0.05) is 24.2 Å². The highest BCUT2D eigenvalue weighted by atomic mass is 16.2. The van der Waals surface area contributed by atoms with Gasteiger partial charge in [0.15, 0.2) is 0 Å². The van der Waals surface area contributed by atoms with Crippen LogP contribution in [0.3, 0.4) is 0 Å². The number of hydrogen-bond acceptors (Lipinski definition) is 3. The predicted molar refractivity (Wildman–Crippen MR) is 90.1 cm³/mol. The van der Waals surface area contributed by atoms with Crippen molar-refractivity contribution in [1.29, 1.82) is 5.26 Å². The summed E-state index contributed by atoms with van der Waals surface area (Å²) in [5, 5.41) is 8.85. The average Bonchev–Trinajstić information content (AvgIpc) is 3.23. The van der Waals surface area contributed by atoms with E-state index >= 15 is 0 Å². The number of carbonyl (C=O) groups excluding carboxylic acids is 1. The van der Waals surface area contributed by atoms with Crippen LogP contribution in [0.5, 0.6) is 0 Å². The Hall–Kier alpha value is -1.86. The zero-order chi connectivity index (χ0) is 16.2. The number of nitriles is 1. The third-order valence-electron chi connectivity index (χ3n) is 5.28. The Balaban J connectivity index is 1.78. The van der Waals surface area contributed by atoms with Gasteiger partial charge in [-0.15, -0.1) is 0 Å². The van der Waals surface area contributed by atoms with Crippen LogP contribution >= 0.6 is 0 Å². The molecule has 0 unspecified atom stereocenters. The minimum atomic E-state index is 0.134. The fourth-order valence-corrected chi connectivity index (χ4v) is 4.20. The van der Waals surface area contributed by atoms with E-state index in [2.05, 4.69) is 22.8 Å². The number of nitrogens with zero attached hydrogens (tertiary/aromatic N) is 3. The molecule has 0 aliphatic carbocycles. The minimum absolute atomic E-state index is 0.134. The summed E-state index contributed by atoms with van der Waals surface area (Å²) in [5.41, 5.74) is 1.65. The molecule has 3 rings (SSSR count).